The summed E-state index contributed by atoms with van der Waals surface area (Å²) in [5, 5.41) is 1.40. The van der Waals surface area contributed by atoms with E-state index in [1.54, 1.807) is 31.4 Å². The SMILES string of the molecule is CCN(CC)S(=O)(=O)c1ccc2c(c1)nc(SCC(=O)c1cc3ccccc3o1)n2-c1ccccc1OC. The van der Waals surface area contributed by atoms with Crippen LogP contribution < -0.4 is 4.74 Å². The first kappa shape index (κ1) is 26.0. The Labute approximate surface area is 225 Å². The lowest BCUT2D eigenvalue weighted by Crippen LogP contribution is -2.30. The Bertz CT molecular complexity index is 1700. The van der Waals surface area contributed by atoms with Crippen LogP contribution in [0.3, 0.4) is 0 Å². The average Bonchev–Trinajstić information content (AvgIpc) is 3.53. The second kappa shape index (κ2) is 10.6. The molecule has 2 heterocycles. The lowest BCUT2D eigenvalue weighted by atomic mass is 10.2. The second-order valence-corrected chi connectivity index (χ2v) is 11.4. The zero-order valence-corrected chi connectivity index (χ0v) is 22.9. The van der Waals surface area contributed by atoms with Crippen molar-refractivity contribution in [1.82, 2.24) is 13.9 Å². The number of hydrogen-bond acceptors (Lipinski definition) is 7. The van der Waals surface area contributed by atoms with Gasteiger partial charge in [0.05, 0.1) is 34.5 Å². The van der Waals surface area contributed by atoms with Crippen LogP contribution in [0, 0.1) is 0 Å². The van der Waals surface area contributed by atoms with E-state index in [2.05, 4.69) is 0 Å². The summed E-state index contributed by atoms with van der Waals surface area (Å²) in [4.78, 5) is 18.0. The van der Waals surface area contributed by atoms with Gasteiger partial charge in [0.1, 0.15) is 11.3 Å². The number of furan rings is 1. The van der Waals surface area contributed by atoms with Gasteiger partial charge < -0.3 is 9.15 Å². The van der Waals surface area contributed by atoms with E-state index >= 15 is 0 Å². The summed E-state index contributed by atoms with van der Waals surface area (Å²) in [6.07, 6.45) is 0. The number of imidazole rings is 1. The van der Waals surface area contributed by atoms with Crippen molar-refractivity contribution in [3.8, 4) is 11.4 Å². The number of hydrogen-bond donors (Lipinski definition) is 0. The van der Waals surface area contributed by atoms with E-state index in [1.165, 1.54) is 16.1 Å². The molecule has 0 unspecified atom stereocenters. The molecule has 2 aromatic heterocycles. The molecule has 0 saturated heterocycles. The van der Waals surface area contributed by atoms with Crippen LogP contribution in [-0.4, -0.2) is 54.0 Å². The number of benzene rings is 3. The monoisotopic (exact) mass is 549 g/mol. The molecule has 5 aromatic rings. The Morgan fingerprint density at radius 2 is 1.76 bits per heavy atom. The Morgan fingerprint density at radius 1 is 1.03 bits per heavy atom. The number of rotatable bonds is 10. The number of carbonyl (C=O) groups excluding carboxylic acids is 1. The molecule has 0 radical (unpaired) electrons. The van der Waals surface area contributed by atoms with Crippen LogP contribution in [0.15, 0.2) is 87.3 Å². The van der Waals surface area contributed by atoms with Crippen molar-refractivity contribution in [1.29, 1.82) is 0 Å². The summed E-state index contributed by atoms with van der Waals surface area (Å²) in [5.41, 5.74) is 2.59. The number of ether oxygens (including phenoxy) is 1. The molecule has 0 aliphatic rings. The molecule has 0 amide bonds. The zero-order valence-electron chi connectivity index (χ0n) is 21.2. The minimum atomic E-state index is -3.66. The van der Waals surface area contributed by atoms with Gasteiger partial charge in [0, 0.05) is 18.5 Å². The van der Waals surface area contributed by atoms with Crippen LogP contribution in [0.1, 0.15) is 24.4 Å². The average molecular weight is 550 g/mol. The zero-order chi connectivity index (χ0) is 26.9. The quantitative estimate of drug-likeness (QED) is 0.161. The molecule has 0 atom stereocenters. The molecule has 196 valence electrons. The summed E-state index contributed by atoms with van der Waals surface area (Å²) in [5.74, 6) is 0.820. The number of fused-ring (bicyclic) bond motifs is 2. The van der Waals surface area contributed by atoms with Crippen molar-refractivity contribution in [2.45, 2.75) is 23.9 Å². The van der Waals surface area contributed by atoms with Gasteiger partial charge in [-0.2, -0.15) is 4.31 Å². The number of nitrogens with zero attached hydrogens (tertiary/aromatic N) is 3. The normalized spacial score (nSPS) is 12.0. The predicted molar refractivity (Wildman–Crippen MR) is 149 cm³/mol. The minimum Gasteiger partial charge on any atom is -0.495 e. The van der Waals surface area contributed by atoms with Crippen LogP contribution in [0.5, 0.6) is 5.75 Å². The van der Waals surface area contributed by atoms with Gasteiger partial charge in [-0.1, -0.05) is 55.9 Å². The highest BCUT2D eigenvalue weighted by Crippen LogP contribution is 2.34. The maximum absolute atomic E-state index is 13.2. The van der Waals surface area contributed by atoms with Gasteiger partial charge in [0.15, 0.2) is 10.9 Å². The van der Waals surface area contributed by atoms with Gasteiger partial charge >= 0.3 is 0 Å². The fraction of sp³-hybridized carbons (Fsp3) is 0.214. The first-order valence-corrected chi connectivity index (χ1v) is 14.6. The number of aromatic nitrogens is 2. The van der Waals surface area contributed by atoms with Crippen molar-refractivity contribution in [2.24, 2.45) is 0 Å². The van der Waals surface area contributed by atoms with Crippen LogP contribution in [0.25, 0.3) is 27.7 Å². The molecule has 3 aromatic carbocycles. The third-order valence-corrected chi connectivity index (χ3v) is 9.28. The van der Waals surface area contributed by atoms with Crippen LogP contribution >= 0.6 is 11.8 Å². The van der Waals surface area contributed by atoms with E-state index in [0.29, 0.717) is 40.6 Å². The van der Waals surface area contributed by atoms with E-state index < -0.39 is 10.0 Å². The van der Waals surface area contributed by atoms with Crippen molar-refractivity contribution in [3.63, 3.8) is 0 Å². The largest absolute Gasteiger partial charge is 0.495 e. The van der Waals surface area contributed by atoms with Crippen molar-refractivity contribution >= 4 is 49.6 Å². The predicted octanol–water partition coefficient (Wildman–Crippen LogP) is 5.79. The standard InChI is InChI=1S/C28H27N3O5S2/c1-4-30(5-2)38(33,34)20-14-15-22-21(17-20)29-28(31(22)23-11-7-9-13-26(23)35-3)37-18-24(32)27-16-19-10-6-8-12-25(19)36-27/h6-17H,4-5,18H2,1-3H3. The summed E-state index contributed by atoms with van der Waals surface area (Å²) in [6, 6.07) is 21.6. The summed E-state index contributed by atoms with van der Waals surface area (Å²) >= 11 is 1.26. The van der Waals surface area contributed by atoms with Crippen molar-refractivity contribution in [2.75, 3.05) is 26.0 Å². The van der Waals surface area contributed by atoms with Gasteiger partial charge in [-0.3, -0.25) is 9.36 Å². The van der Waals surface area contributed by atoms with Gasteiger partial charge in [-0.05, 0) is 42.5 Å². The van der Waals surface area contributed by atoms with E-state index in [9.17, 15) is 13.2 Å². The van der Waals surface area contributed by atoms with E-state index in [-0.39, 0.29) is 22.2 Å². The highest BCUT2D eigenvalue weighted by atomic mass is 32.2. The Kier molecular flexibility index (Phi) is 7.29. The minimum absolute atomic E-state index is 0.0862. The smallest absolute Gasteiger partial charge is 0.243 e. The fourth-order valence-corrected chi connectivity index (χ4v) is 6.75. The molecule has 8 nitrogen and oxygen atoms in total. The Hall–Kier alpha value is -3.60. The lowest BCUT2D eigenvalue weighted by molar-refractivity contribution is 0.0994. The summed E-state index contributed by atoms with van der Waals surface area (Å²) < 4.78 is 41.0. The Balaban J connectivity index is 1.56. The van der Waals surface area contributed by atoms with Crippen LogP contribution in [0.2, 0.25) is 0 Å². The van der Waals surface area contributed by atoms with Gasteiger partial charge in [0.2, 0.25) is 15.8 Å². The van der Waals surface area contributed by atoms with E-state index in [1.807, 2.05) is 66.9 Å². The first-order valence-electron chi connectivity index (χ1n) is 12.2. The third-order valence-electron chi connectivity index (χ3n) is 6.30. The van der Waals surface area contributed by atoms with Gasteiger partial charge in [0.25, 0.3) is 0 Å². The maximum atomic E-state index is 13.2. The Morgan fingerprint density at radius 3 is 2.50 bits per heavy atom. The molecule has 0 fully saturated rings. The van der Waals surface area contributed by atoms with Crippen molar-refractivity contribution in [3.05, 3.63) is 78.6 Å². The molecule has 0 saturated carbocycles. The molecule has 0 bridgehead atoms. The van der Waals surface area contributed by atoms with Crippen LogP contribution in [0.4, 0.5) is 0 Å². The maximum Gasteiger partial charge on any atom is 0.243 e. The van der Waals surface area contributed by atoms with Gasteiger partial charge in [-0.25, -0.2) is 13.4 Å². The molecule has 10 heteroatoms. The van der Waals surface area contributed by atoms with Crippen LogP contribution in [-0.2, 0) is 10.0 Å². The molecule has 0 N–H and O–H groups in total. The number of ketones is 1. The fourth-order valence-electron chi connectivity index (χ4n) is 4.38. The molecule has 38 heavy (non-hydrogen) atoms. The second-order valence-electron chi connectivity index (χ2n) is 8.50. The summed E-state index contributed by atoms with van der Waals surface area (Å²) in [7, 11) is -2.07. The number of thioether (sulfide) groups is 1. The number of methoxy groups -OCH3 is 1. The number of para-hydroxylation sites is 3. The molecule has 0 aliphatic carbocycles. The first-order chi connectivity index (χ1) is 18.4. The molecular weight excluding hydrogens is 522 g/mol. The lowest BCUT2D eigenvalue weighted by Gasteiger charge is -2.18. The summed E-state index contributed by atoms with van der Waals surface area (Å²) in [6.45, 7) is 4.36. The molecule has 5 rings (SSSR count). The highest BCUT2D eigenvalue weighted by molar-refractivity contribution is 7.99. The molecule has 0 spiro atoms. The highest BCUT2D eigenvalue weighted by Gasteiger charge is 2.24. The molecule has 0 aliphatic heterocycles. The third kappa shape index (κ3) is 4.70. The van der Waals surface area contributed by atoms with Gasteiger partial charge in [-0.15, -0.1) is 0 Å². The van der Waals surface area contributed by atoms with E-state index in [0.717, 1.165) is 11.1 Å². The topological polar surface area (TPSA) is 94.6 Å². The number of Topliss-reactive ketones (excluding diaryl/α,β-unsaturated/α-hetero) is 1. The van der Waals surface area contributed by atoms with Crippen molar-refractivity contribution < 1.29 is 22.4 Å². The molecular formula is C28H27N3O5S2. The number of sulfonamides is 1. The van der Waals surface area contributed by atoms with E-state index in [4.69, 9.17) is 14.1 Å². The number of carbonyl (C=O) groups is 1.